The predicted octanol–water partition coefficient (Wildman–Crippen LogP) is -0.460. The highest BCUT2D eigenvalue weighted by Crippen LogP contribution is 2.09. The number of likely N-dealkylation sites (N-methyl/N-ethyl adjacent to an activating group) is 1. The van der Waals surface area contributed by atoms with Crippen LogP contribution in [0.1, 0.15) is 23.0 Å². The molecule has 0 fully saturated rings. The number of amides is 2. The summed E-state index contributed by atoms with van der Waals surface area (Å²) in [5.74, 6) is 5.03. The van der Waals surface area contributed by atoms with E-state index < -0.39 is 6.04 Å². The van der Waals surface area contributed by atoms with Crippen molar-refractivity contribution < 1.29 is 9.59 Å². The van der Waals surface area contributed by atoms with Crippen molar-refractivity contribution in [2.45, 2.75) is 19.9 Å². The molecule has 1 unspecified atom stereocenters. The Morgan fingerprint density at radius 1 is 1.39 bits per heavy atom. The van der Waals surface area contributed by atoms with Crippen LogP contribution in [0.15, 0.2) is 12.1 Å². The summed E-state index contributed by atoms with van der Waals surface area (Å²) in [6.45, 7) is 3.35. The molecule has 7 heteroatoms. The van der Waals surface area contributed by atoms with Crippen LogP contribution in [-0.4, -0.2) is 29.9 Å². The minimum absolute atomic E-state index is 0.258. The molecule has 98 valence electrons. The van der Waals surface area contributed by atoms with Gasteiger partial charge in [0.25, 0.3) is 5.91 Å². The molecule has 0 radical (unpaired) electrons. The average molecular weight is 251 g/mol. The van der Waals surface area contributed by atoms with Crippen molar-refractivity contribution in [3.05, 3.63) is 23.4 Å². The first kappa shape index (κ1) is 13.9. The lowest BCUT2D eigenvalue weighted by molar-refractivity contribution is -0.122. The summed E-state index contributed by atoms with van der Waals surface area (Å²) in [7, 11) is 1.51. The largest absolute Gasteiger partial charge is 0.357 e. The number of carbonyl (C=O) groups is 2. The van der Waals surface area contributed by atoms with E-state index >= 15 is 0 Å². The van der Waals surface area contributed by atoms with Crippen molar-refractivity contribution in [3.8, 4) is 0 Å². The van der Waals surface area contributed by atoms with E-state index in [2.05, 4.69) is 21.0 Å². The van der Waals surface area contributed by atoms with E-state index in [1.54, 1.807) is 19.9 Å². The van der Waals surface area contributed by atoms with Gasteiger partial charge in [-0.05, 0) is 26.0 Å². The summed E-state index contributed by atoms with van der Waals surface area (Å²) in [4.78, 5) is 27.3. The van der Waals surface area contributed by atoms with Crippen LogP contribution in [-0.2, 0) is 4.79 Å². The molecule has 0 aliphatic heterocycles. The molecule has 0 aliphatic carbocycles. The number of nitrogen functional groups attached to an aromatic ring is 1. The number of pyridine rings is 1. The van der Waals surface area contributed by atoms with Crippen LogP contribution in [0.25, 0.3) is 0 Å². The summed E-state index contributed by atoms with van der Waals surface area (Å²) in [6, 6.07) is 2.52. The topological polar surface area (TPSA) is 109 Å². The Balaban J connectivity index is 2.84. The average Bonchev–Trinajstić information content (AvgIpc) is 2.36. The molecule has 1 heterocycles. The Labute approximate surface area is 105 Å². The number of aromatic nitrogens is 1. The summed E-state index contributed by atoms with van der Waals surface area (Å²) in [6.07, 6.45) is 0. The van der Waals surface area contributed by atoms with Crippen molar-refractivity contribution in [1.29, 1.82) is 0 Å². The quantitative estimate of drug-likeness (QED) is 0.427. The van der Waals surface area contributed by atoms with Crippen molar-refractivity contribution >= 4 is 17.6 Å². The Kier molecular flexibility index (Phi) is 4.61. The number of carbonyl (C=O) groups excluding carboxylic acids is 2. The summed E-state index contributed by atoms with van der Waals surface area (Å²) >= 11 is 0. The van der Waals surface area contributed by atoms with Gasteiger partial charge < -0.3 is 16.1 Å². The first-order valence-corrected chi connectivity index (χ1v) is 5.45. The monoisotopic (exact) mass is 251 g/mol. The molecule has 1 aromatic heterocycles. The molecule has 1 rings (SSSR count). The van der Waals surface area contributed by atoms with Crippen molar-refractivity contribution in [2.75, 3.05) is 12.5 Å². The van der Waals surface area contributed by atoms with Crippen molar-refractivity contribution in [1.82, 2.24) is 15.6 Å². The molecule has 1 atom stereocenters. The number of nitrogens with one attached hydrogen (secondary N) is 3. The molecule has 2 amide bonds. The summed E-state index contributed by atoms with van der Waals surface area (Å²) < 4.78 is 0. The van der Waals surface area contributed by atoms with Gasteiger partial charge in [-0.2, -0.15) is 0 Å². The van der Waals surface area contributed by atoms with Gasteiger partial charge in [-0.25, -0.2) is 10.8 Å². The van der Waals surface area contributed by atoms with Crippen LogP contribution in [0.4, 0.5) is 5.82 Å². The molecule has 7 nitrogen and oxygen atoms in total. The van der Waals surface area contributed by atoms with Crippen molar-refractivity contribution in [2.24, 2.45) is 5.84 Å². The normalized spacial score (nSPS) is 11.6. The fraction of sp³-hybridized carbons (Fsp3) is 0.364. The minimum Gasteiger partial charge on any atom is -0.357 e. The Bertz CT molecular complexity index is 461. The third-order valence-corrected chi connectivity index (χ3v) is 2.35. The second-order valence-corrected chi connectivity index (χ2v) is 3.84. The number of nitrogens with two attached hydrogens (primary N) is 1. The Morgan fingerprint density at radius 2 is 2.06 bits per heavy atom. The smallest absolute Gasteiger partial charge is 0.252 e. The molecule has 5 N–H and O–H groups in total. The highest BCUT2D eigenvalue weighted by molar-refractivity contribution is 5.97. The number of hydrazine groups is 1. The second kappa shape index (κ2) is 5.97. The van der Waals surface area contributed by atoms with Crippen LogP contribution >= 0.6 is 0 Å². The predicted molar refractivity (Wildman–Crippen MR) is 67.8 cm³/mol. The van der Waals surface area contributed by atoms with Crippen LogP contribution in [0.2, 0.25) is 0 Å². The first-order valence-electron chi connectivity index (χ1n) is 5.45. The SMILES string of the molecule is CNC(=O)C(C)NC(=O)c1cc(C)nc(NN)c1. The van der Waals surface area contributed by atoms with Crippen LogP contribution in [0.3, 0.4) is 0 Å². The third-order valence-electron chi connectivity index (χ3n) is 2.35. The van der Waals surface area contributed by atoms with Crippen LogP contribution in [0.5, 0.6) is 0 Å². The zero-order valence-corrected chi connectivity index (χ0v) is 10.6. The van der Waals surface area contributed by atoms with Gasteiger partial charge in [-0.1, -0.05) is 0 Å². The molecule has 0 aliphatic rings. The van der Waals surface area contributed by atoms with E-state index in [0.717, 1.165) is 0 Å². The van der Waals surface area contributed by atoms with Gasteiger partial charge in [-0.3, -0.25) is 9.59 Å². The fourth-order valence-corrected chi connectivity index (χ4v) is 1.44. The maximum atomic E-state index is 11.9. The number of anilines is 1. The van der Waals surface area contributed by atoms with Crippen LogP contribution in [0, 0.1) is 6.92 Å². The third kappa shape index (κ3) is 3.42. The highest BCUT2D eigenvalue weighted by atomic mass is 16.2. The van der Waals surface area contributed by atoms with E-state index in [4.69, 9.17) is 5.84 Å². The van der Waals surface area contributed by atoms with Gasteiger partial charge in [0.2, 0.25) is 5.91 Å². The number of aryl methyl sites for hydroxylation is 1. The van der Waals surface area contributed by atoms with Crippen molar-refractivity contribution in [3.63, 3.8) is 0 Å². The number of hydrogen-bond acceptors (Lipinski definition) is 5. The van der Waals surface area contributed by atoms with Gasteiger partial charge in [0.15, 0.2) is 0 Å². The fourth-order valence-electron chi connectivity index (χ4n) is 1.44. The second-order valence-electron chi connectivity index (χ2n) is 3.84. The molecule has 0 aromatic carbocycles. The van der Waals surface area contributed by atoms with E-state index in [1.165, 1.54) is 13.1 Å². The zero-order chi connectivity index (χ0) is 13.7. The zero-order valence-electron chi connectivity index (χ0n) is 10.6. The maximum Gasteiger partial charge on any atom is 0.252 e. The minimum atomic E-state index is -0.606. The van der Waals surface area contributed by atoms with E-state index in [0.29, 0.717) is 17.1 Å². The number of rotatable bonds is 4. The van der Waals surface area contributed by atoms with Gasteiger partial charge >= 0.3 is 0 Å². The lowest BCUT2D eigenvalue weighted by Gasteiger charge is -2.13. The van der Waals surface area contributed by atoms with E-state index in [1.807, 2.05) is 0 Å². The highest BCUT2D eigenvalue weighted by Gasteiger charge is 2.16. The molecule has 0 saturated carbocycles. The maximum absolute atomic E-state index is 11.9. The van der Waals surface area contributed by atoms with Crippen LogP contribution < -0.4 is 21.9 Å². The Hall–Kier alpha value is -2.15. The molecular formula is C11H17N5O2. The molecule has 0 bridgehead atoms. The van der Waals surface area contributed by atoms with E-state index in [9.17, 15) is 9.59 Å². The summed E-state index contributed by atoms with van der Waals surface area (Å²) in [5.41, 5.74) is 3.43. The lowest BCUT2D eigenvalue weighted by Crippen LogP contribution is -2.43. The van der Waals surface area contributed by atoms with Gasteiger partial charge in [0.1, 0.15) is 11.9 Å². The lowest BCUT2D eigenvalue weighted by atomic mass is 10.2. The summed E-state index contributed by atoms with van der Waals surface area (Å²) in [5, 5.41) is 5.04. The van der Waals surface area contributed by atoms with E-state index in [-0.39, 0.29) is 11.8 Å². The van der Waals surface area contributed by atoms with Gasteiger partial charge in [0, 0.05) is 18.3 Å². The molecule has 18 heavy (non-hydrogen) atoms. The Morgan fingerprint density at radius 3 is 2.61 bits per heavy atom. The number of hydrogen-bond donors (Lipinski definition) is 4. The number of nitrogens with zero attached hydrogens (tertiary/aromatic N) is 1. The van der Waals surface area contributed by atoms with Gasteiger partial charge in [0.05, 0.1) is 0 Å². The van der Waals surface area contributed by atoms with Gasteiger partial charge in [-0.15, -0.1) is 0 Å². The molecule has 1 aromatic rings. The molecule has 0 spiro atoms. The standard InChI is InChI=1S/C11H17N5O2/c1-6-4-8(5-9(14-6)16-12)11(18)15-7(2)10(17)13-3/h4-5,7H,12H2,1-3H3,(H,13,17)(H,14,16)(H,15,18). The molecule has 0 saturated heterocycles. The first-order chi connectivity index (χ1) is 8.47. The molecular weight excluding hydrogens is 234 g/mol.